The Morgan fingerprint density at radius 1 is 1.35 bits per heavy atom. The van der Waals surface area contributed by atoms with Crippen LogP contribution in [0, 0.1) is 5.92 Å². The molecule has 17 heavy (non-hydrogen) atoms. The lowest BCUT2D eigenvalue weighted by atomic mass is 9.92. The first-order chi connectivity index (χ1) is 8.11. The van der Waals surface area contributed by atoms with E-state index in [2.05, 4.69) is 4.74 Å². The van der Waals surface area contributed by atoms with E-state index < -0.39 is 0 Å². The van der Waals surface area contributed by atoms with E-state index in [0.29, 0.717) is 6.54 Å². The van der Waals surface area contributed by atoms with Crippen LogP contribution in [0.1, 0.15) is 32.1 Å². The van der Waals surface area contributed by atoms with E-state index in [0.717, 1.165) is 25.7 Å². The van der Waals surface area contributed by atoms with Gasteiger partial charge in [-0.2, -0.15) is 0 Å². The van der Waals surface area contributed by atoms with Gasteiger partial charge in [0.25, 0.3) is 0 Å². The second-order valence-corrected chi connectivity index (χ2v) is 4.93. The zero-order chi connectivity index (χ0) is 12.4. The largest absolute Gasteiger partial charge is 0.469 e. The number of aliphatic hydroxyl groups excluding tert-OH is 1. The molecule has 1 N–H and O–H groups in total. The Kier molecular flexibility index (Phi) is 3.66. The first-order valence-electron chi connectivity index (χ1n) is 6.17. The molecule has 1 saturated carbocycles. The van der Waals surface area contributed by atoms with Gasteiger partial charge >= 0.3 is 5.97 Å². The maximum Gasteiger partial charge on any atom is 0.310 e. The summed E-state index contributed by atoms with van der Waals surface area (Å²) in [6.45, 7) is 0.478. The number of esters is 1. The molecule has 1 aliphatic carbocycles. The van der Waals surface area contributed by atoms with Crippen molar-refractivity contribution in [2.45, 2.75) is 44.2 Å². The molecule has 2 rings (SSSR count). The van der Waals surface area contributed by atoms with Crippen LogP contribution in [0.5, 0.6) is 0 Å². The third-order valence-electron chi connectivity index (χ3n) is 3.80. The summed E-state index contributed by atoms with van der Waals surface area (Å²) < 4.78 is 4.68. The van der Waals surface area contributed by atoms with Gasteiger partial charge < -0.3 is 14.7 Å². The van der Waals surface area contributed by atoms with E-state index in [1.165, 1.54) is 7.11 Å². The van der Waals surface area contributed by atoms with Gasteiger partial charge in [0.05, 0.1) is 19.1 Å². The highest BCUT2D eigenvalue weighted by molar-refractivity contribution is 5.86. The standard InChI is InChI=1S/C12H19NO4/c1-17-12(16)8-6-11(15)13(7-8)9-2-4-10(14)5-3-9/h8-10,14H,2-7H2,1H3. The monoisotopic (exact) mass is 241 g/mol. The highest BCUT2D eigenvalue weighted by Gasteiger charge is 2.39. The van der Waals surface area contributed by atoms with Crippen molar-refractivity contribution in [1.82, 2.24) is 4.90 Å². The Balaban J connectivity index is 1.94. The molecule has 1 atom stereocenters. The van der Waals surface area contributed by atoms with E-state index in [1.807, 2.05) is 0 Å². The van der Waals surface area contributed by atoms with Crippen molar-refractivity contribution >= 4 is 11.9 Å². The van der Waals surface area contributed by atoms with Gasteiger partial charge in [-0.3, -0.25) is 9.59 Å². The first kappa shape index (κ1) is 12.4. The number of rotatable bonds is 2. The van der Waals surface area contributed by atoms with Gasteiger partial charge in [-0.15, -0.1) is 0 Å². The highest BCUT2D eigenvalue weighted by atomic mass is 16.5. The lowest BCUT2D eigenvalue weighted by Gasteiger charge is -2.33. The molecular formula is C12H19NO4. The third-order valence-corrected chi connectivity index (χ3v) is 3.80. The molecule has 0 spiro atoms. The van der Waals surface area contributed by atoms with Gasteiger partial charge in [0.15, 0.2) is 0 Å². The molecule has 1 amide bonds. The molecule has 0 bridgehead atoms. The van der Waals surface area contributed by atoms with E-state index in [-0.39, 0.29) is 36.4 Å². The summed E-state index contributed by atoms with van der Waals surface area (Å²) in [6.07, 6.45) is 3.21. The fraction of sp³-hybridized carbons (Fsp3) is 0.833. The average molecular weight is 241 g/mol. The minimum Gasteiger partial charge on any atom is -0.469 e. The number of amides is 1. The van der Waals surface area contributed by atoms with Crippen LogP contribution >= 0.6 is 0 Å². The quantitative estimate of drug-likeness (QED) is 0.707. The van der Waals surface area contributed by atoms with Crippen LogP contribution < -0.4 is 0 Å². The van der Waals surface area contributed by atoms with Gasteiger partial charge in [0.1, 0.15) is 0 Å². The second-order valence-electron chi connectivity index (χ2n) is 4.93. The number of aliphatic hydroxyl groups is 1. The van der Waals surface area contributed by atoms with Crippen LogP contribution in [-0.4, -0.2) is 47.7 Å². The maximum absolute atomic E-state index is 11.8. The van der Waals surface area contributed by atoms with E-state index in [9.17, 15) is 14.7 Å². The second kappa shape index (κ2) is 5.04. The first-order valence-corrected chi connectivity index (χ1v) is 6.17. The van der Waals surface area contributed by atoms with E-state index in [1.54, 1.807) is 4.90 Å². The highest BCUT2D eigenvalue weighted by Crippen LogP contribution is 2.29. The molecular weight excluding hydrogens is 222 g/mol. The summed E-state index contributed by atoms with van der Waals surface area (Å²) in [6, 6.07) is 0.195. The van der Waals surface area contributed by atoms with Gasteiger partial charge in [-0.05, 0) is 25.7 Å². The molecule has 2 fully saturated rings. The molecule has 1 aliphatic heterocycles. The van der Waals surface area contributed by atoms with E-state index >= 15 is 0 Å². The number of hydrogen-bond acceptors (Lipinski definition) is 4. The molecule has 96 valence electrons. The molecule has 1 heterocycles. The van der Waals surface area contributed by atoms with Crippen molar-refractivity contribution < 1.29 is 19.4 Å². The summed E-state index contributed by atoms with van der Waals surface area (Å²) in [5.74, 6) is -0.558. The van der Waals surface area contributed by atoms with Crippen molar-refractivity contribution in [2.24, 2.45) is 5.92 Å². The predicted molar refractivity (Wildman–Crippen MR) is 60.1 cm³/mol. The summed E-state index contributed by atoms with van der Waals surface area (Å²) in [5, 5.41) is 9.44. The zero-order valence-corrected chi connectivity index (χ0v) is 10.1. The van der Waals surface area contributed by atoms with E-state index in [4.69, 9.17) is 0 Å². The summed E-state index contributed by atoms with van der Waals surface area (Å²) in [4.78, 5) is 25.0. The van der Waals surface area contributed by atoms with Crippen molar-refractivity contribution in [3.8, 4) is 0 Å². The number of hydrogen-bond donors (Lipinski definition) is 1. The van der Waals surface area contributed by atoms with Crippen LogP contribution in [0.15, 0.2) is 0 Å². The average Bonchev–Trinajstić information content (AvgIpc) is 2.71. The number of carbonyl (C=O) groups is 2. The van der Waals surface area contributed by atoms with Crippen molar-refractivity contribution in [2.75, 3.05) is 13.7 Å². The number of likely N-dealkylation sites (tertiary alicyclic amines) is 1. The van der Waals surface area contributed by atoms with Gasteiger partial charge in [0.2, 0.25) is 5.91 Å². The summed E-state index contributed by atoms with van der Waals surface area (Å²) in [5.41, 5.74) is 0. The fourth-order valence-corrected chi connectivity index (χ4v) is 2.78. The Morgan fingerprint density at radius 3 is 2.59 bits per heavy atom. The molecule has 0 aromatic carbocycles. The normalized spacial score (nSPS) is 33.9. The van der Waals surface area contributed by atoms with Crippen LogP contribution in [-0.2, 0) is 14.3 Å². The van der Waals surface area contributed by atoms with Gasteiger partial charge in [-0.25, -0.2) is 0 Å². The maximum atomic E-state index is 11.8. The molecule has 5 heteroatoms. The number of carbonyl (C=O) groups excluding carboxylic acids is 2. The Bertz CT molecular complexity index is 310. The molecule has 0 radical (unpaired) electrons. The van der Waals surface area contributed by atoms with Crippen LogP contribution in [0.4, 0.5) is 0 Å². The minimum atomic E-state index is -0.306. The van der Waals surface area contributed by atoms with Gasteiger partial charge in [-0.1, -0.05) is 0 Å². The molecule has 1 unspecified atom stereocenters. The summed E-state index contributed by atoms with van der Waals surface area (Å²) >= 11 is 0. The molecule has 0 aromatic rings. The third kappa shape index (κ3) is 2.60. The van der Waals surface area contributed by atoms with Crippen molar-refractivity contribution in [1.29, 1.82) is 0 Å². The fourth-order valence-electron chi connectivity index (χ4n) is 2.78. The zero-order valence-electron chi connectivity index (χ0n) is 10.1. The number of nitrogens with zero attached hydrogens (tertiary/aromatic N) is 1. The Morgan fingerprint density at radius 2 is 2.00 bits per heavy atom. The molecule has 1 saturated heterocycles. The SMILES string of the molecule is COC(=O)C1CC(=O)N(C2CCC(O)CC2)C1. The number of methoxy groups -OCH3 is 1. The Labute approximate surface area is 101 Å². The number of ether oxygens (including phenoxy) is 1. The van der Waals surface area contributed by atoms with Crippen molar-refractivity contribution in [3.05, 3.63) is 0 Å². The lowest BCUT2D eigenvalue weighted by molar-refractivity contribution is -0.145. The predicted octanol–water partition coefficient (Wildman–Crippen LogP) is 0.311. The summed E-state index contributed by atoms with van der Waals surface area (Å²) in [7, 11) is 1.35. The van der Waals surface area contributed by atoms with Crippen LogP contribution in [0.25, 0.3) is 0 Å². The van der Waals surface area contributed by atoms with Crippen molar-refractivity contribution in [3.63, 3.8) is 0 Å². The molecule has 2 aliphatic rings. The minimum absolute atomic E-state index is 0.0433. The van der Waals surface area contributed by atoms with Crippen LogP contribution in [0.2, 0.25) is 0 Å². The molecule has 5 nitrogen and oxygen atoms in total. The lowest BCUT2D eigenvalue weighted by Crippen LogP contribution is -2.40. The van der Waals surface area contributed by atoms with Gasteiger partial charge in [0, 0.05) is 19.0 Å². The topological polar surface area (TPSA) is 66.8 Å². The smallest absolute Gasteiger partial charge is 0.310 e. The van der Waals surface area contributed by atoms with Crippen LogP contribution in [0.3, 0.4) is 0 Å². The molecule has 0 aromatic heterocycles. The Hall–Kier alpha value is -1.10.